The monoisotopic (exact) mass is 390 g/mol. The summed E-state index contributed by atoms with van der Waals surface area (Å²) in [5, 5.41) is 12.3. The maximum atomic E-state index is 12.7. The summed E-state index contributed by atoms with van der Waals surface area (Å²) < 4.78 is 18.0. The molecule has 0 amide bonds. The molecule has 0 spiro atoms. The van der Waals surface area contributed by atoms with Gasteiger partial charge >= 0.3 is 5.97 Å². The first-order chi connectivity index (χ1) is 14.2. The van der Waals surface area contributed by atoms with Gasteiger partial charge in [-0.05, 0) is 31.2 Å². The van der Waals surface area contributed by atoms with E-state index in [-0.39, 0.29) is 11.6 Å². The summed E-state index contributed by atoms with van der Waals surface area (Å²) >= 11 is 0. The number of carbonyl (C=O) groups excluding carboxylic acids is 1. The highest BCUT2D eigenvalue weighted by Crippen LogP contribution is 2.25. The van der Waals surface area contributed by atoms with Crippen LogP contribution in [-0.4, -0.2) is 33.1 Å². The van der Waals surface area contributed by atoms with Crippen LogP contribution in [0.3, 0.4) is 0 Å². The molecule has 0 N–H and O–H groups in total. The van der Waals surface area contributed by atoms with E-state index in [2.05, 4.69) is 15.3 Å². The molecule has 0 fully saturated rings. The van der Waals surface area contributed by atoms with E-state index in [0.717, 1.165) is 11.3 Å². The Kier molecular flexibility index (Phi) is 5.07. The highest BCUT2D eigenvalue weighted by atomic mass is 16.6. The lowest BCUT2D eigenvalue weighted by Crippen LogP contribution is -2.11. The van der Waals surface area contributed by atoms with Crippen LogP contribution in [0.25, 0.3) is 17.1 Å². The second kappa shape index (κ2) is 7.97. The lowest BCUT2D eigenvalue weighted by atomic mass is 10.2. The molecular formula is C21H18N4O4. The van der Waals surface area contributed by atoms with Gasteiger partial charge in [-0.3, -0.25) is 0 Å². The predicted molar refractivity (Wildman–Crippen MR) is 104 cm³/mol. The maximum Gasteiger partial charge on any atom is 0.363 e. The average molecular weight is 390 g/mol. The van der Waals surface area contributed by atoms with E-state index < -0.39 is 12.1 Å². The number of hydrogen-bond acceptors (Lipinski definition) is 7. The third-order valence-corrected chi connectivity index (χ3v) is 4.21. The Morgan fingerprint density at radius 2 is 1.72 bits per heavy atom. The topological polar surface area (TPSA) is 92.3 Å². The van der Waals surface area contributed by atoms with Crippen LogP contribution >= 0.6 is 0 Å². The minimum atomic E-state index is -0.751. The molecule has 0 aliphatic heterocycles. The van der Waals surface area contributed by atoms with Crippen molar-refractivity contribution in [3.63, 3.8) is 0 Å². The normalized spacial score (nSPS) is 11.8. The fourth-order valence-corrected chi connectivity index (χ4v) is 2.72. The lowest BCUT2D eigenvalue weighted by Gasteiger charge is -2.08. The van der Waals surface area contributed by atoms with Crippen molar-refractivity contribution >= 4 is 5.97 Å². The number of rotatable bonds is 6. The van der Waals surface area contributed by atoms with E-state index in [1.54, 1.807) is 17.8 Å². The summed E-state index contributed by atoms with van der Waals surface area (Å²) in [5.41, 5.74) is 1.64. The summed E-state index contributed by atoms with van der Waals surface area (Å²) in [4.78, 5) is 12.7. The molecule has 0 saturated carbocycles. The van der Waals surface area contributed by atoms with Crippen molar-refractivity contribution < 1.29 is 18.7 Å². The maximum absolute atomic E-state index is 12.7. The van der Waals surface area contributed by atoms with Crippen LogP contribution in [0.15, 0.2) is 71.3 Å². The Bertz CT molecular complexity index is 1110. The molecule has 0 aliphatic carbocycles. The van der Waals surface area contributed by atoms with Crippen molar-refractivity contribution in [2.24, 2.45) is 0 Å². The predicted octanol–water partition coefficient (Wildman–Crippen LogP) is 3.85. The van der Waals surface area contributed by atoms with Gasteiger partial charge in [0.1, 0.15) is 0 Å². The number of ether oxygens (including phenoxy) is 2. The summed E-state index contributed by atoms with van der Waals surface area (Å²) in [7, 11) is 1.47. The fraction of sp³-hybridized carbons (Fsp3) is 0.143. The molecule has 4 aromatic rings. The first-order valence-corrected chi connectivity index (χ1v) is 8.94. The zero-order valence-corrected chi connectivity index (χ0v) is 15.9. The average Bonchev–Trinajstić information content (AvgIpc) is 3.43. The van der Waals surface area contributed by atoms with E-state index in [4.69, 9.17) is 13.9 Å². The quantitative estimate of drug-likeness (QED) is 0.462. The van der Waals surface area contributed by atoms with E-state index >= 15 is 0 Å². The van der Waals surface area contributed by atoms with Gasteiger partial charge < -0.3 is 13.9 Å². The highest BCUT2D eigenvalue weighted by Gasteiger charge is 2.25. The van der Waals surface area contributed by atoms with Crippen molar-refractivity contribution in [2.45, 2.75) is 13.0 Å². The summed E-state index contributed by atoms with van der Waals surface area (Å²) in [6, 6.07) is 18.7. The van der Waals surface area contributed by atoms with Gasteiger partial charge in [0.25, 0.3) is 5.89 Å². The zero-order chi connectivity index (χ0) is 20.2. The van der Waals surface area contributed by atoms with Crippen molar-refractivity contribution in [3.05, 3.63) is 78.4 Å². The first kappa shape index (κ1) is 18.4. The molecule has 0 aliphatic rings. The van der Waals surface area contributed by atoms with Gasteiger partial charge in [0.2, 0.25) is 11.6 Å². The molecular weight excluding hydrogens is 372 g/mol. The molecule has 1 atom stereocenters. The van der Waals surface area contributed by atoms with Crippen molar-refractivity contribution in [2.75, 3.05) is 7.11 Å². The highest BCUT2D eigenvalue weighted by molar-refractivity contribution is 5.90. The largest absolute Gasteiger partial charge is 0.493 e. The van der Waals surface area contributed by atoms with Crippen LogP contribution in [0.5, 0.6) is 5.75 Å². The van der Waals surface area contributed by atoms with Crippen LogP contribution in [0, 0.1) is 0 Å². The van der Waals surface area contributed by atoms with E-state index in [1.807, 2.05) is 60.7 Å². The molecule has 2 aromatic carbocycles. The Balaban J connectivity index is 1.52. The van der Waals surface area contributed by atoms with Crippen molar-refractivity contribution in [1.29, 1.82) is 0 Å². The van der Waals surface area contributed by atoms with Crippen LogP contribution in [0.4, 0.5) is 0 Å². The molecule has 0 bridgehead atoms. The van der Waals surface area contributed by atoms with Gasteiger partial charge in [0.15, 0.2) is 11.9 Å². The van der Waals surface area contributed by atoms with Crippen LogP contribution < -0.4 is 4.74 Å². The Morgan fingerprint density at radius 3 is 2.41 bits per heavy atom. The Morgan fingerprint density at radius 1 is 1.03 bits per heavy atom. The van der Waals surface area contributed by atoms with Crippen LogP contribution in [0.1, 0.15) is 29.4 Å². The minimum Gasteiger partial charge on any atom is -0.493 e. The van der Waals surface area contributed by atoms with Gasteiger partial charge in [-0.15, -0.1) is 10.2 Å². The van der Waals surface area contributed by atoms with Crippen LogP contribution in [0.2, 0.25) is 0 Å². The third-order valence-electron chi connectivity index (χ3n) is 4.21. The SMILES string of the molecule is COc1cn(-c2ccccc2)nc1C(=O)O[C@H](C)c1nnc(-c2ccccc2)o1. The molecule has 4 rings (SSSR count). The number of hydrogen-bond donors (Lipinski definition) is 0. The lowest BCUT2D eigenvalue weighted by molar-refractivity contribution is 0.0269. The first-order valence-electron chi connectivity index (χ1n) is 8.94. The number of para-hydroxylation sites is 1. The fourth-order valence-electron chi connectivity index (χ4n) is 2.72. The van der Waals surface area contributed by atoms with Crippen molar-refractivity contribution in [3.8, 4) is 22.9 Å². The summed E-state index contributed by atoms with van der Waals surface area (Å²) in [5.74, 6) is 0.207. The van der Waals surface area contributed by atoms with Crippen LogP contribution in [-0.2, 0) is 4.74 Å². The molecule has 29 heavy (non-hydrogen) atoms. The second-order valence-electron chi connectivity index (χ2n) is 6.19. The number of carbonyl (C=O) groups is 1. The van der Waals surface area contributed by atoms with Crippen molar-refractivity contribution in [1.82, 2.24) is 20.0 Å². The number of esters is 1. The van der Waals surface area contributed by atoms with Gasteiger partial charge in [0, 0.05) is 5.56 Å². The van der Waals surface area contributed by atoms with E-state index in [9.17, 15) is 4.79 Å². The third kappa shape index (κ3) is 3.86. The van der Waals surface area contributed by atoms with Gasteiger partial charge in [-0.25, -0.2) is 9.48 Å². The number of aromatic nitrogens is 4. The molecule has 0 unspecified atom stereocenters. The molecule has 8 heteroatoms. The number of methoxy groups -OCH3 is 1. The summed E-state index contributed by atoms with van der Waals surface area (Å²) in [6.45, 7) is 1.65. The second-order valence-corrected chi connectivity index (χ2v) is 6.19. The number of nitrogens with zero attached hydrogens (tertiary/aromatic N) is 4. The standard InChI is InChI=1S/C21H18N4O4/c1-14(19-22-23-20(29-19)15-9-5-3-6-10-15)28-21(26)18-17(27-2)13-25(24-18)16-11-7-4-8-12-16/h3-14H,1-2H3/t14-/m1/s1. The minimum absolute atomic E-state index is 0.0611. The Hall–Kier alpha value is -3.94. The smallest absolute Gasteiger partial charge is 0.363 e. The van der Waals surface area contributed by atoms with E-state index in [0.29, 0.717) is 11.6 Å². The Labute approximate surface area is 166 Å². The molecule has 2 heterocycles. The van der Waals surface area contributed by atoms with Gasteiger partial charge in [-0.1, -0.05) is 36.4 Å². The number of benzene rings is 2. The molecule has 2 aromatic heterocycles. The molecule has 0 saturated heterocycles. The molecule has 0 radical (unpaired) electrons. The molecule has 146 valence electrons. The van der Waals surface area contributed by atoms with Gasteiger partial charge in [0.05, 0.1) is 19.0 Å². The van der Waals surface area contributed by atoms with Gasteiger partial charge in [-0.2, -0.15) is 5.10 Å². The zero-order valence-electron chi connectivity index (χ0n) is 15.9. The summed E-state index contributed by atoms with van der Waals surface area (Å²) in [6.07, 6.45) is 0.871. The molecule has 8 nitrogen and oxygen atoms in total. The van der Waals surface area contributed by atoms with E-state index in [1.165, 1.54) is 7.11 Å².